The van der Waals surface area contributed by atoms with Crippen LogP contribution in [0.1, 0.15) is 27.7 Å². The van der Waals surface area contributed by atoms with E-state index in [1.54, 1.807) is 0 Å². The average molecular weight is 218 g/mol. The van der Waals surface area contributed by atoms with Gasteiger partial charge < -0.3 is 9.73 Å². The number of anilines is 1. The Balaban J connectivity index is 2.22. The molecule has 1 atom stereocenters. The zero-order valence-corrected chi connectivity index (χ0v) is 10.2. The van der Waals surface area contributed by atoms with Crippen molar-refractivity contribution in [3.05, 3.63) is 24.3 Å². The van der Waals surface area contributed by atoms with E-state index in [0.29, 0.717) is 12.1 Å². The first-order valence-corrected chi connectivity index (χ1v) is 5.59. The molecule has 3 heteroatoms. The van der Waals surface area contributed by atoms with Crippen LogP contribution in [0.5, 0.6) is 0 Å². The number of fused-ring (bicyclic) bond motifs is 1. The lowest BCUT2D eigenvalue weighted by Crippen LogP contribution is -2.30. The summed E-state index contributed by atoms with van der Waals surface area (Å²) in [7, 11) is 0. The predicted molar refractivity (Wildman–Crippen MR) is 66.5 cm³/mol. The summed E-state index contributed by atoms with van der Waals surface area (Å²) in [5, 5.41) is 3.29. The highest BCUT2D eigenvalue weighted by molar-refractivity contribution is 5.74. The van der Waals surface area contributed by atoms with Gasteiger partial charge in [-0.2, -0.15) is 4.98 Å². The van der Waals surface area contributed by atoms with Gasteiger partial charge in [-0.3, -0.25) is 0 Å². The first-order chi connectivity index (χ1) is 7.47. The van der Waals surface area contributed by atoms with Gasteiger partial charge >= 0.3 is 0 Å². The fourth-order valence-corrected chi connectivity index (χ4v) is 1.34. The van der Waals surface area contributed by atoms with E-state index in [4.69, 9.17) is 4.42 Å². The van der Waals surface area contributed by atoms with Crippen LogP contribution >= 0.6 is 0 Å². The highest BCUT2D eigenvalue weighted by Crippen LogP contribution is 2.24. The van der Waals surface area contributed by atoms with Crippen LogP contribution in [0.2, 0.25) is 0 Å². The number of hydrogen-bond donors (Lipinski definition) is 1. The molecule has 1 aromatic heterocycles. The van der Waals surface area contributed by atoms with Crippen LogP contribution in [0.25, 0.3) is 11.1 Å². The normalized spacial score (nSPS) is 14.0. The van der Waals surface area contributed by atoms with Crippen LogP contribution in [-0.2, 0) is 0 Å². The standard InChI is InChI=1S/C13H18N2O/c1-9(13(2,3)4)14-12-15-10-7-5-6-8-11(10)16-12/h5-9H,1-4H3,(H,14,15). The van der Waals surface area contributed by atoms with Crippen molar-refractivity contribution in [2.45, 2.75) is 33.7 Å². The Labute approximate surface area is 95.9 Å². The summed E-state index contributed by atoms with van der Waals surface area (Å²) in [5.74, 6) is 0. The summed E-state index contributed by atoms with van der Waals surface area (Å²) < 4.78 is 5.61. The quantitative estimate of drug-likeness (QED) is 0.835. The lowest BCUT2D eigenvalue weighted by Gasteiger charge is -2.27. The summed E-state index contributed by atoms with van der Waals surface area (Å²) in [6.45, 7) is 8.70. The van der Waals surface area contributed by atoms with Gasteiger partial charge in [0.25, 0.3) is 6.01 Å². The van der Waals surface area contributed by atoms with E-state index in [1.807, 2.05) is 24.3 Å². The minimum Gasteiger partial charge on any atom is -0.424 e. The van der Waals surface area contributed by atoms with E-state index in [-0.39, 0.29) is 5.41 Å². The number of nitrogens with one attached hydrogen (secondary N) is 1. The molecule has 1 unspecified atom stereocenters. The van der Waals surface area contributed by atoms with Crippen molar-refractivity contribution in [2.24, 2.45) is 5.41 Å². The molecule has 2 rings (SSSR count). The van der Waals surface area contributed by atoms with Crippen LogP contribution in [0.4, 0.5) is 6.01 Å². The smallest absolute Gasteiger partial charge is 0.295 e. The van der Waals surface area contributed by atoms with Gasteiger partial charge in [0.1, 0.15) is 5.52 Å². The Morgan fingerprint density at radius 1 is 1.25 bits per heavy atom. The second-order valence-corrected chi connectivity index (χ2v) is 5.22. The van der Waals surface area contributed by atoms with Gasteiger partial charge in [-0.25, -0.2) is 0 Å². The number of aromatic nitrogens is 1. The Kier molecular flexibility index (Phi) is 2.62. The summed E-state index contributed by atoms with van der Waals surface area (Å²) in [6, 6.07) is 8.69. The fraction of sp³-hybridized carbons (Fsp3) is 0.462. The minimum atomic E-state index is 0.181. The molecule has 2 aromatic rings. The van der Waals surface area contributed by atoms with Crippen LogP contribution in [-0.4, -0.2) is 11.0 Å². The third-order valence-corrected chi connectivity index (χ3v) is 2.93. The minimum absolute atomic E-state index is 0.181. The summed E-state index contributed by atoms with van der Waals surface area (Å²) in [6.07, 6.45) is 0. The first kappa shape index (κ1) is 11.0. The molecule has 1 aromatic carbocycles. The number of nitrogens with zero attached hydrogens (tertiary/aromatic N) is 1. The number of para-hydroxylation sites is 2. The van der Waals surface area contributed by atoms with Crippen LogP contribution in [0.15, 0.2) is 28.7 Å². The van der Waals surface area contributed by atoms with Crippen molar-refractivity contribution in [3.8, 4) is 0 Å². The Hall–Kier alpha value is -1.51. The van der Waals surface area contributed by atoms with Crippen LogP contribution in [0.3, 0.4) is 0 Å². The summed E-state index contributed by atoms with van der Waals surface area (Å²) in [5.41, 5.74) is 1.90. The molecular weight excluding hydrogens is 200 g/mol. The third kappa shape index (κ3) is 2.18. The maximum absolute atomic E-state index is 5.61. The summed E-state index contributed by atoms with van der Waals surface area (Å²) >= 11 is 0. The SMILES string of the molecule is CC(Nc1nc2ccccc2o1)C(C)(C)C. The monoisotopic (exact) mass is 218 g/mol. The van der Waals surface area contributed by atoms with Gasteiger partial charge in [-0.15, -0.1) is 0 Å². The highest BCUT2D eigenvalue weighted by atomic mass is 16.4. The molecule has 0 aliphatic carbocycles. The topological polar surface area (TPSA) is 38.1 Å². The Bertz CT molecular complexity index is 449. The molecule has 0 bridgehead atoms. The van der Waals surface area contributed by atoms with Crippen molar-refractivity contribution < 1.29 is 4.42 Å². The molecule has 86 valence electrons. The predicted octanol–water partition coefficient (Wildman–Crippen LogP) is 3.67. The summed E-state index contributed by atoms with van der Waals surface area (Å²) in [4.78, 5) is 4.39. The molecule has 0 saturated heterocycles. The lowest BCUT2D eigenvalue weighted by atomic mass is 9.88. The lowest BCUT2D eigenvalue weighted by molar-refractivity contribution is 0.353. The average Bonchev–Trinajstić information content (AvgIpc) is 2.58. The number of hydrogen-bond acceptors (Lipinski definition) is 3. The second-order valence-electron chi connectivity index (χ2n) is 5.22. The molecule has 0 aliphatic heterocycles. The third-order valence-electron chi connectivity index (χ3n) is 2.93. The molecule has 1 N–H and O–H groups in total. The molecule has 0 aliphatic rings. The van der Waals surface area contributed by atoms with Gasteiger partial charge in [0.15, 0.2) is 5.58 Å². The van der Waals surface area contributed by atoms with E-state index >= 15 is 0 Å². The van der Waals surface area contributed by atoms with E-state index in [2.05, 4.69) is 38.0 Å². The largest absolute Gasteiger partial charge is 0.424 e. The zero-order valence-electron chi connectivity index (χ0n) is 10.2. The maximum atomic E-state index is 5.61. The maximum Gasteiger partial charge on any atom is 0.295 e. The van der Waals surface area contributed by atoms with Crippen LogP contribution < -0.4 is 5.32 Å². The van der Waals surface area contributed by atoms with Crippen LogP contribution in [0, 0.1) is 5.41 Å². The molecule has 0 saturated carbocycles. The van der Waals surface area contributed by atoms with Gasteiger partial charge in [0.2, 0.25) is 0 Å². The van der Waals surface area contributed by atoms with E-state index in [0.717, 1.165) is 11.1 Å². The van der Waals surface area contributed by atoms with Gasteiger partial charge in [0.05, 0.1) is 0 Å². The molecular formula is C13H18N2O. The van der Waals surface area contributed by atoms with Crippen molar-refractivity contribution in [1.29, 1.82) is 0 Å². The van der Waals surface area contributed by atoms with Crippen molar-refractivity contribution in [2.75, 3.05) is 5.32 Å². The first-order valence-electron chi connectivity index (χ1n) is 5.59. The zero-order chi connectivity index (χ0) is 11.8. The van der Waals surface area contributed by atoms with E-state index < -0.39 is 0 Å². The Morgan fingerprint density at radius 2 is 1.94 bits per heavy atom. The fourth-order valence-electron chi connectivity index (χ4n) is 1.34. The Morgan fingerprint density at radius 3 is 2.56 bits per heavy atom. The van der Waals surface area contributed by atoms with Gasteiger partial charge in [-0.1, -0.05) is 32.9 Å². The van der Waals surface area contributed by atoms with E-state index in [1.165, 1.54) is 0 Å². The van der Waals surface area contributed by atoms with Crippen molar-refractivity contribution >= 4 is 17.1 Å². The van der Waals surface area contributed by atoms with E-state index in [9.17, 15) is 0 Å². The number of rotatable bonds is 2. The van der Waals surface area contributed by atoms with Crippen molar-refractivity contribution in [3.63, 3.8) is 0 Å². The molecule has 3 nitrogen and oxygen atoms in total. The molecule has 0 amide bonds. The highest BCUT2D eigenvalue weighted by Gasteiger charge is 2.21. The van der Waals surface area contributed by atoms with Gasteiger partial charge in [-0.05, 0) is 24.5 Å². The molecule has 0 radical (unpaired) electrons. The van der Waals surface area contributed by atoms with Gasteiger partial charge in [0, 0.05) is 6.04 Å². The number of oxazole rings is 1. The second kappa shape index (κ2) is 3.81. The molecule has 1 heterocycles. The molecule has 16 heavy (non-hydrogen) atoms. The van der Waals surface area contributed by atoms with Crippen molar-refractivity contribution in [1.82, 2.24) is 4.98 Å². The number of benzene rings is 1. The molecule has 0 spiro atoms. The molecule has 0 fully saturated rings.